The molecule has 4 heterocycles. The number of ether oxygens (including phenoxy) is 5. The van der Waals surface area contributed by atoms with Gasteiger partial charge in [-0.2, -0.15) is 4.68 Å². The van der Waals surface area contributed by atoms with Crippen molar-refractivity contribution >= 4 is 52.4 Å². The van der Waals surface area contributed by atoms with E-state index in [1.807, 2.05) is 54.7 Å². The molecule has 20 nitrogen and oxygen atoms in total. The Morgan fingerprint density at radius 3 is 2.13 bits per heavy atom. The van der Waals surface area contributed by atoms with Crippen LogP contribution < -0.4 is 20.1 Å². The Balaban J connectivity index is 1.37. The van der Waals surface area contributed by atoms with Crippen LogP contribution >= 0.6 is 11.3 Å². The molecule has 2 aromatic heterocycles. The molecule has 0 aliphatic carbocycles. The van der Waals surface area contributed by atoms with Gasteiger partial charge in [-0.1, -0.05) is 11.2 Å². The number of aryl methyl sites for hydroxylation is 1. The number of hydrogen-bond donors (Lipinski definition) is 4. The smallest absolute Gasteiger partial charge is 0.413 e. The second-order valence-electron chi connectivity index (χ2n) is 20.8. The van der Waals surface area contributed by atoms with Gasteiger partial charge < -0.3 is 49.0 Å². The normalized spacial score (nSPS) is 17.1. The highest BCUT2D eigenvalue weighted by molar-refractivity contribution is 7.14. The van der Waals surface area contributed by atoms with Crippen LogP contribution in [0.2, 0.25) is 0 Å². The number of anilines is 1. The SMILES string of the molecule is CC(C)(C)OC(=O)NCC(O)C[n+]1cc(-c2ccc3c(c2)CC[C@H](C(C)(O/N=C(\C(=O)O)c2csc(NC(=O)OC(C)(C)C)n2)C(=O)OC(C)(C)C)O3)cn1CC1CN(C(=O)OC(C)(C)C)C1. The lowest BCUT2D eigenvalue weighted by atomic mass is 9.89. The number of oxime groups is 1. The molecule has 368 valence electrons. The van der Waals surface area contributed by atoms with E-state index in [1.54, 1.807) is 73.3 Å². The Labute approximate surface area is 394 Å². The molecule has 2 unspecified atom stereocenters. The van der Waals surface area contributed by atoms with Crippen LogP contribution in [0.5, 0.6) is 5.75 Å². The summed E-state index contributed by atoms with van der Waals surface area (Å²) in [5, 5.41) is 31.7. The van der Waals surface area contributed by atoms with E-state index < -0.39 is 70.0 Å². The molecule has 0 bridgehead atoms. The summed E-state index contributed by atoms with van der Waals surface area (Å²) in [6.45, 7) is 23.9. The Kier molecular flexibility index (Phi) is 15.6. The number of benzene rings is 1. The lowest BCUT2D eigenvalue weighted by Gasteiger charge is -2.39. The largest absolute Gasteiger partial charge is 0.485 e. The number of carboxylic acid groups (broad SMARTS) is 1. The van der Waals surface area contributed by atoms with Crippen molar-refractivity contribution in [3.63, 3.8) is 0 Å². The number of carbonyl (C=O) groups excluding carboxylic acids is 4. The maximum atomic E-state index is 13.9. The minimum absolute atomic E-state index is 0.0520. The van der Waals surface area contributed by atoms with Crippen molar-refractivity contribution in [3.8, 4) is 16.9 Å². The number of amides is 3. The number of nitrogens with one attached hydrogen (secondary N) is 2. The molecule has 67 heavy (non-hydrogen) atoms. The summed E-state index contributed by atoms with van der Waals surface area (Å²) < 4.78 is 32.2. The fourth-order valence-corrected chi connectivity index (χ4v) is 7.60. The fraction of sp³-hybridized carbons (Fsp3) is 0.609. The standard InChI is InChI=1S/C46H65N7O13S/c1-42(2,3)62-37(57)46(13,66-50-35(36(55)56)32-26-67-38(48-32)49-40(59)64-44(7,8)9)34-17-15-29-18-28(14-16-33(29)61-34)30-23-52(22-27-20-51(21-27)41(60)65-45(10,11)12)53(24-30)25-31(54)19-47-39(58)63-43(4,5)6/h14,16,18,23-24,26-27,31,34,54H,15,17,19-22,25H2,1-13H3,(H2-,47,48,49,55,56,58,59)/p+1/b50-35-/t31?,34-,46?/m1/s1. The van der Waals surface area contributed by atoms with Gasteiger partial charge in [0.2, 0.25) is 11.9 Å². The van der Waals surface area contributed by atoms with Crippen molar-refractivity contribution in [2.75, 3.05) is 25.0 Å². The third-order valence-electron chi connectivity index (χ3n) is 9.88. The zero-order chi connectivity index (χ0) is 49.9. The average Bonchev–Trinajstić information content (AvgIpc) is 3.78. The summed E-state index contributed by atoms with van der Waals surface area (Å²) in [5.74, 6) is -1.76. The lowest BCUT2D eigenvalue weighted by Crippen LogP contribution is -2.56. The number of aliphatic hydroxyl groups excluding tert-OH is 1. The molecule has 1 aromatic carbocycles. The van der Waals surface area contributed by atoms with E-state index in [4.69, 9.17) is 28.5 Å². The number of carboxylic acids is 1. The van der Waals surface area contributed by atoms with Gasteiger partial charge in [-0.05, 0) is 126 Å². The summed E-state index contributed by atoms with van der Waals surface area (Å²) in [5.41, 5.74) is -3.25. The molecular formula is C46H66N7O13S+. The summed E-state index contributed by atoms with van der Waals surface area (Å²) in [6, 6.07) is 5.61. The number of aliphatic carboxylic acids is 1. The monoisotopic (exact) mass is 956 g/mol. The molecular weight excluding hydrogens is 891 g/mol. The number of nitrogens with zero attached hydrogens (tertiary/aromatic N) is 5. The van der Waals surface area contributed by atoms with Gasteiger partial charge in [-0.3, -0.25) is 5.32 Å². The number of aliphatic hydroxyl groups is 1. The average molecular weight is 957 g/mol. The Morgan fingerprint density at radius 1 is 0.896 bits per heavy atom. The molecule has 2 aliphatic rings. The van der Waals surface area contributed by atoms with Gasteiger partial charge in [-0.15, -0.1) is 16.0 Å². The first kappa shape index (κ1) is 52.0. The van der Waals surface area contributed by atoms with Crippen LogP contribution in [-0.2, 0) is 52.9 Å². The van der Waals surface area contributed by atoms with Crippen LogP contribution in [0.3, 0.4) is 0 Å². The van der Waals surface area contributed by atoms with Crippen LogP contribution in [0.15, 0.2) is 41.1 Å². The van der Waals surface area contributed by atoms with Gasteiger partial charge in [-0.25, -0.2) is 29.0 Å². The van der Waals surface area contributed by atoms with E-state index in [9.17, 15) is 34.2 Å². The molecule has 0 saturated carbocycles. The molecule has 1 fully saturated rings. The van der Waals surface area contributed by atoms with Crippen LogP contribution in [0.25, 0.3) is 11.1 Å². The Hall–Kier alpha value is -5.96. The summed E-state index contributed by atoms with van der Waals surface area (Å²) in [4.78, 5) is 75.5. The molecule has 3 aromatic rings. The molecule has 3 atom stereocenters. The molecule has 0 radical (unpaired) electrons. The predicted octanol–water partition coefficient (Wildman–Crippen LogP) is 6.30. The molecule has 2 aliphatic heterocycles. The number of likely N-dealkylation sites (tertiary alicyclic amines) is 1. The van der Waals surface area contributed by atoms with E-state index in [0.717, 1.165) is 28.0 Å². The Morgan fingerprint density at radius 2 is 1.52 bits per heavy atom. The highest BCUT2D eigenvalue weighted by Crippen LogP contribution is 2.37. The number of hydrogen-bond acceptors (Lipinski definition) is 15. The van der Waals surface area contributed by atoms with Gasteiger partial charge in [0, 0.05) is 24.4 Å². The lowest BCUT2D eigenvalue weighted by molar-refractivity contribution is -0.780. The highest BCUT2D eigenvalue weighted by atomic mass is 32.1. The number of aromatic nitrogens is 3. The van der Waals surface area contributed by atoms with Gasteiger partial charge in [0.05, 0.1) is 24.8 Å². The zero-order valence-corrected chi connectivity index (χ0v) is 41.5. The van der Waals surface area contributed by atoms with Crippen LogP contribution in [0.1, 0.15) is 108 Å². The first-order valence-corrected chi connectivity index (χ1v) is 23.0. The van der Waals surface area contributed by atoms with Crippen molar-refractivity contribution < 1.29 is 67.4 Å². The van der Waals surface area contributed by atoms with Crippen molar-refractivity contribution in [3.05, 3.63) is 47.2 Å². The fourth-order valence-electron chi connectivity index (χ4n) is 6.92. The van der Waals surface area contributed by atoms with Crippen LogP contribution in [0.4, 0.5) is 19.5 Å². The Bertz CT molecular complexity index is 2300. The molecule has 1 saturated heterocycles. The van der Waals surface area contributed by atoms with E-state index in [-0.39, 0.29) is 42.3 Å². The zero-order valence-electron chi connectivity index (χ0n) is 40.7. The summed E-state index contributed by atoms with van der Waals surface area (Å²) >= 11 is 0.946. The molecule has 3 amide bonds. The van der Waals surface area contributed by atoms with Crippen LogP contribution in [-0.4, -0.2) is 121 Å². The topological polar surface area (TPSA) is 243 Å². The second-order valence-corrected chi connectivity index (χ2v) is 21.7. The molecule has 0 spiro atoms. The van der Waals surface area contributed by atoms with E-state index >= 15 is 0 Å². The number of carbonyl (C=O) groups is 5. The van der Waals surface area contributed by atoms with Gasteiger partial charge in [0.25, 0.3) is 5.60 Å². The molecule has 5 rings (SSSR count). The molecule has 4 N–H and O–H groups in total. The number of esters is 1. The van der Waals surface area contributed by atoms with Gasteiger partial charge in [0.1, 0.15) is 40.0 Å². The number of rotatable bonds is 14. The maximum Gasteiger partial charge on any atom is 0.413 e. The van der Waals surface area contributed by atoms with E-state index in [2.05, 4.69) is 20.8 Å². The second kappa shape index (κ2) is 20.1. The van der Waals surface area contributed by atoms with Crippen molar-refractivity contribution in [2.24, 2.45) is 11.1 Å². The maximum absolute atomic E-state index is 13.9. The first-order valence-electron chi connectivity index (χ1n) is 22.1. The third-order valence-corrected chi connectivity index (χ3v) is 10.6. The van der Waals surface area contributed by atoms with Gasteiger partial charge in [0.15, 0.2) is 17.8 Å². The minimum Gasteiger partial charge on any atom is -0.485 e. The van der Waals surface area contributed by atoms with Crippen LogP contribution in [0, 0.1) is 5.92 Å². The van der Waals surface area contributed by atoms with Crippen molar-refractivity contribution in [1.29, 1.82) is 0 Å². The van der Waals surface area contributed by atoms with E-state index in [0.29, 0.717) is 31.8 Å². The predicted molar refractivity (Wildman–Crippen MR) is 246 cm³/mol. The van der Waals surface area contributed by atoms with Crippen molar-refractivity contribution in [2.45, 2.75) is 156 Å². The van der Waals surface area contributed by atoms with Crippen molar-refractivity contribution in [1.82, 2.24) is 19.9 Å². The van der Waals surface area contributed by atoms with E-state index in [1.165, 1.54) is 12.3 Å². The molecule has 21 heteroatoms. The first-order chi connectivity index (χ1) is 30.9. The third kappa shape index (κ3) is 15.0. The number of fused-ring (bicyclic) bond motifs is 1. The minimum atomic E-state index is -1.94. The summed E-state index contributed by atoms with van der Waals surface area (Å²) in [6.07, 6.45) is 0.795. The number of alkyl carbamates (subject to hydrolysis) is 1. The summed E-state index contributed by atoms with van der Waals surface area (Å²) in [7, 11) is 0. The quantitative estimate of drug-likeness (QED) is 0.0456. The highest BCUT2D eigenvalue weighted by Gasteiger charge is 2.51. The number of thiazole rings is 1. The van der Waals surface area contributed by atoms with Gasteiger partial charge >= 0.3 is 30.2 Å².